The van der Waals surface area contributed by atoms with Gasteiger partial charge < -0.3 is 15.4 Å². The number of pyridine rings is 1. The first-order valence-corrected chi connectivity index (χ1v) is 16.8. The van der Waals surface area contributed by atoms with Crippen LogP contribution >= 0.6 is 0 Å². The molecule has 0 saturated carbocycles. The molecule has 4 fully saturated rings. The molecule has 0 unspecified atom stereocenters. The number of nitrogens with two attached hydrogens (primary N) is 1. The maximum atomic E-state index is 17.2. The number of nitrogens with one attached hydrogen (secondary N) is 1. The summed E-state index contributed by atoms with van der Waals surface area (Å²) in [6, 6.07) is 5.00. The van der Waals surface area contributed by atoms with Crippen LogP contribution in [0.25, 0.3) is 32.9 Å². The zero-order chi connectivity index (χ0) is 34.0. The van der Waals surface area contributed by atoms with Gasteiger partial charge in [-0.1, -0.05) is 31.1 Å². The van der Waals surface area contributed by atoms with Crippen molar-refractivity contribution in [3.63, 3.8) is 0 Å². The van der Waals surface area contributed by atoms with E-state index in [4.69, 9.17) is 26.9 Å². The molecule has 2 aromatic heterocycles. The predicted molar refractivity (Wildman–Crippen MR) is 179 cm³/mol. The molecule has 12 heteroatoms. The van der Waals surface area contributed by atoms with Crippen molar-refractivity contribution >= 4 is 33.2 Å². The number of piperazine rings is 1. The summed E-state index contributed by atoms with van der Waals surface area (Å²) in [6.45, 7) is 7.84. The summed E-state index contributed by atoms with van der Waals surface area (Å²) in [4.78, 5) is 18.3. The Kier molecular flexibility index (Phi) is 6.41. The number of aromatic nitrogens is 3. The van der Waals surface area contributed by atoms with Crippen LogP contribution in [-0.4, -0.2) is 69.3 Å². The Hall–Kier alpha value is -4.47. The van der Waals surface area contributed by atoms with Gasteiger partial charge >= 0.3 is 6.01 Å². The van der Waals surface area contributed by atoms with Crippen LogP contribution in [0, 0.1) is 29.9 Å². The van der Waals surface area contributed by atoms with Crippen LogP contribution in [0.1, 0.15) is 50.3 Å². The molecule has 4 aromatic rings. The van der Waals surface area contributed by atoms with E-state index in [0.717, 1.165) is 37.9 Å². The summed E-state index contributed by atoms with van der Waals surface area (Å²) in [6.07, 6.45) is 8.64. The van der Waals surface area contributed by atoms with Crippen LogP contribution in [0.5, 0.6) is 6.01 Å². The average molecular weight is 670 g/mol. The molecule has 0 radical (unpaired) electrons. The van der Waals surface area contributed by atoms with Gasteiger partial charge in [-0.15, -0.1) is 6.42 Å². The van der Waals surface area contributed by atoms with E-state index in [1.165, 1.54) is 18.2 Å². The van der Waals surface area contributed by atoms with Crippen LogP contribution in [0.15, 0.2) is 36.4 Å². The molecule has 252 valence electrons. The fourth-order valence-electron chi connectivity index (χ4n) is 9.46. The van der Waals surface area contributed by atoms with Crippen molar-refractivity contribution in [1.82, 2.24) is 25.2 Å². The molecule has 49 heavy (non-hydrogen) atoms. The van der Waals surface area contributed by atoms with E-state index in [2.05, 4.69) is 27.7 Å². The van der Waals surface area contributed by atoms with E-state index in [-0.39, 0.29) is 82.9 Å². The highest BCUT2D eigenvalue weighted by atomic mass is 19.2. The summed E-state index contributed by atoms with van der Waals surface area (Å²) < 4.78 is 71.4. The molecule has 0 amide bonds. The van der Waals surface area contributed by atoms with E-state index in [0.29, 0.717) is 16.8 Å². The van der Waals surface area contributed by atoms with Gasteiger partial charge in [0.1, 0.15) is 29.5 Å². The summed E-state index contributed by atoms with van der Waals surface area (Å²) in [5.41, 5.74) is 7.75. The molecule has 5 aliphatic heterocycles. The second kappa shape index (κ2) is 10.3. The molecule has 7 heterocycles. The number of benzene rings is 2. The summed E-state index contributed by atoms with van der Waals surface area (Å²) in [5, 5.41) is 3.70. The average Bonchev–Trinajstić information content (AvgIpc) is 3.64. The summed E-state index contributed by atoms with van der Waals surface area (Å²) >= 11 is 0. The van der Waals surface area contributed by atoms with Gasteiger partial charge in [-0.05, 0) is 61.7 Å². The van der Waals surface area contributed by atoms with Crippen LogP contribution in [0.4, 0.5) is 29.1 Å². The lowest BCUT2D eigenvalue weighted by Crippen LogP contribution is -2.69. The number of nitrogens with zero attached hydrogens (tertiary/aromatic N) is 5. The van der Waals surface area contributed by atoms with Gasteiger partial charge in [0, 0.05) is 36.0 Å². The van der Waals surface area contributed by atoms with Gasteiger partial charge in [0.25, 0.3) is 0 Å². The maximum Gasteiger partial charge on any atom is 0.319 e. The lowest BCUT2D eigenvalue weighted by Gasteiger charge is -2.48. The molecule has 9 rings (SSSR count). The van der Waals surface area contributed by atoms with Crippen molar-refractivity contribution in [3.8, 4) is 29.6 Å². The van der Waals surface area contributed by atoms with Gasteiger partial charge in [0.05, 0.1) is 34.8 Å². The van der Waals surface area contributed by atoms with Crippen molar-refractivity contribution in [3.05, 3.63) is 59.3 Å². The van der Waals surface area contributed by atoms with E-state index in [1.807, 2.05) is 6.92 Å². The van der Waals surface area contributed by atoms with E-state index in [1.54, 1.807) is 11.0 Å². The third-order valence-corrected chi connectivity index (χ3v) is 11.4. The molecular weight excluding hydrogens is 634 g/mol. The standard InChI is InChI=1S/C37H35F4N7O/c1-4-23-25(38)7-6-21-13-22(42)14-24(27(21)23)30-29(39)31-28-26(43-30)12-20(3)32-37(41)10-9-36(40,46-37)17-48(32)33(28)45-34(44-31)49-18-35-8-5-11-47(35)16-19(2)15-35/h1,6-7,13-14,20,32,46H,2,5,8-12,15-18,42H2,3H3/t20-,32-,35-,36+,37-/m0/s1. The SMILES string of the molecule is C#Cc1c(F)ccc2cc(N)cc(-c3nc4c5c(nc(OC[C@@]67CCCN6CC(=C)C7)nc5c3F)N3C[C@@]5(F)CC[C@](F)(N5)[C@@H]3[C@@H](C)C4)c12. The lowest BCUT2D eigenvalue weighted by atomic mass is 9.87. The Morgan fingerprint density at radius 1 is 1.14 bits per heavy atom. The molecule has 0 aliphatic carbocycles. The van der Waals surface area contributed by atoms with Gasteiger partial charge in [0.2, 0.25) is 0 Å². The summed E-state index contributed by atoms with van der Waals surface area (Å²) in [7, 11) is 0. The number of hydrogen-bond acceptors (Lipinski definition) is 8. The molecule has 3 N–H and O–H groups in total. The molecule has 4 saturated heterocycles. The third-order valence-electron chi connectivity index (χ3n) is 11.4. The highest BCUT2D eigenvalue weighted by molar-refractivity contribution is 6.04. The van der Waals surface area contributed by atoms with Crippen molar-refractivity contribution in [2.24, 2.45) is 5.92 Å². The zero-order valence-corrected chi connectivity index (χ0v) is 27.1. The molecular formula is C37H35F4N7O. The Labute approximate surface area is 280 Å². The smallest absolute Gasteiger partial charge is 0.319 e. The van der Waals surface area contributed by atoms with Gasteiger partial charge in [-0.3, -0.25) is 4.90 Å². The van der Waals surface area contributed by atoms with Crippen molar-refractivity contribution in [2.75, 3.05) is 36.9 Å². The molecule has 0 spiro atoms. The normalized spacial score (nSPS) is 30.4. The topological polar surface area (TPSA) is 92.4 Å². The Morgan fingerprint density at radius 2 is 1.98 bits per heavy atom. The van der Waals surface area contributed by atoms with E-state index < -0.39 is 35.2 Å². The zero-order valence-electron chi connectivity index (χ0n) is 27.1. The van der Waals surface area contributed by atoms with E-state index >= 15 is 17.6 Å². The van der Waals surface area contributed by atoms with Crippen molar-refractivity contribution in [1.29, 1.82) is 0 Å². The number of ether oxygens (including phenoxy) is 1. The number of terminal acetylenes is 1. The molecule has 2 aromatic carbocycles. The number of hydrogen-bond donors (Lipinski definition) is 2. The van der Waals surface area contributed by atoms with E-state index in [9.17, 15) is 0 Å². The van der Waals surface area contributed by atoms with Crippen molar-refractivity contribution < 1.29 is 22.3 Å². The minimum Gasteiger partial charge on any atom is -0.461 e. The quantitative estimate of drug-likeness (QED) is 0.0906. The number of nitrogen functional groups attached to an aromatic ring is 1. The number of halogens is 4. The molecule has 2 bridgehead atoms. The van der Waals surface area contributed by atoms with Crippen molar-refractivity contribution in [2.45, 2.75) is 68.6 Å². The minimum atomic E-state index is -2.05. The number of rotatable bonds is 4. The third kappa shape index (κ3) is 4.41. The maximum absolute atomic E-state index is 17.2. The first-order valence-electron chi connectivity index (χ1n) is 16.8. The Bertz CT molecular complexity index is 2170. The second-order valence-corrected chi connectivity index (χ2v) is 14.7. The largest absolute Gasteiger partial charge is 0.461 e. The highest BCUT2D eigenvalue weighted by Gasteiger charge is 2.62. The van der Waals surface area contributed by atoms with Gasteiger partial charge in [-0.2, -0.15) is 9.97 Å². The number of anilines is 2. The first kappa shape index (κ1) is 30.6. The predicted octanol–water partition coefficient (Wildman–Crippen LogP) is 5.96. The Morgan fingerprint density at radius 3 is 2.80 bits per heavy atom. The Balaban J connectivity index is 1.28. The molecule has 8 nitrogen and oxygen atoms in total. The fraction of sp³-hybridized carbons (Fsp3) is 0.432. The monoisotopic (exact) mass is 669 g/mol. The minimum absolute atomic E-state index is 0.00196. The molecule has 5 aliphatic rings. The van der Waals surface area contributed by atoms with Crippen LogP contribution in [0.3, 0.4) is 0 Å². The summed E-state index contributed by atoms with van der Waals surface area (Å²) in [5.74, 6) is -3.33. The van der Waals surface area contributed by atoms with Crippen LogP contribution in [-0.2, 0) is 6.42 Å². The van der Waals surface area contributed by atoms with Crippen LogP contribution in [0.2, 0.25) is 0 Å². The fourth-order valence-corrected chi connectivity index (χ4v) is 9.46. The van der Waals surface area contributed by atoms with Gasteiger partial charge in [-0.25, -0.2) is 27.9 Å². The first-order chi connectivity index (χ1) is 23.4. The second-order valence-electron chi connectivity index (χ2n) is 14.7. The number of fused-ring (bicyclic) bond motifs is 7. The van der Waals surface area contributed by atoms with Crippen LogP contribution < -0.4 is 20.7 Å². The van der Waals surface area contributed by atoms with Gasteiger partial charge in [0.15, 0.2) is 17.4 Å². The lowest BCUT2D eigenvalue weighted by molar-refractivity contribution is -0.00286. The highest BCUT2D eigenvalue weighted by Crippen LogP contribution is 2.51. The molecule has 5 atom stereocenters. The number of alkyl halides is 2.